The van der Waals surface area contributed by atoms with Gasteiger partial charge in [-0.3, -0.25) is 4.98 Å². The standard InChI is InChI=1S/C42H27FN4O.Pd/c1-42(2)33-13-4-6-15-37(33)48-38-23-31-30-12-8-18-44-41(30)47(36(31)24-34(38)42)27-10-7-9-25(21-27)39(43)26-16-17-28-29-11-3-5-14-35(29)46-20-19-45-40(46)32(28)22-26;/h3-20,23-24,39H,1-2H3;/q-2;+2. The number of para-hydroxylation sites is 2. The predicted octanol–water partition coefficient (Wildman–Crippen LogP) is 10.2. The summed E-state index contributed by atoms with van der Waals surface area (Å²) in [7, 11) is 0. The van der Waals surface area contributed by atoms with Gasteiger partial charge in [-0.05, 0) is 41.8 Å². The van der Waals surface area contributed by atoms with Gasteiger partial charge in [0, 0.05) is 51.4 Å². The van der Waals surface area contributed by atoms with Gasteiger partial charge in [0.1, 0.15) is 23.3 Å². The fraction of sp³-hybridized carbons (Fsp3) is 0.0952. The third-order valence-electron chi connectivity index (χ3n) is 9.96. The van der Waals surface area contributed by atoms with Crippen LogP contribution < -0.4 is 4.74 Å². The van der Waals surface area contributed by atoms with Gasteiger partial charge in [0.25, 0.3) is 0 Å². The summed E-state index contributed by atoms with van der Waals surface area (Å²) in [4.78, 5) is 9.42. The van der Waals surface area contributed by atoms with E-state index in [0.29, 0.717) is 16.8 Å². The van der Waals surface area contributed by atoms with Crippen molar-refractivity contribution in [2.45, 2.75) is 25.4 Å². The molecule has 1 aliphatic heterocycles. The summed E-state index contributed by atoms with van der Waals surface area (Å²) >= 11 is 0. The SMILES string of the molecule is CC1(C)c2ccccc2Oc2cc3c4cccnc4n(-c4[c-]c(C(F)c5[c-]c6c(cc5)c5ccccc5n5ccnc65)ccc4)c3cc21.[Pd+2]. The Bertz CT molecular complexity index is 2780. The zero-order valence-corrected chi connectivity index (χ0v) is 28.1. The summed E-state index contributed by atoms with van der Waals surface area (Å²) in [6, 6.07) is 41.0. The second-order valence-corrected chi connectivity index (χ2v) is 13.0. The number of hydrogen-bond donors (Lipinski definition) is 0. The first-order valence-corrected chi connectivity index (χ1v) is 16.0. The Morgan fingerprint density at radius 3 is 2.39 bits per heavy atom. The molecule has 4 aromatic heterocycles. The number of imidazole rings is 1. The molecule has 7 heteroatoms. The van der Waals surface area contributed by atoms with Crippen LogP contribution in [-0.4, -0.2) is 18.9 Å². The molecule has 0 radical (unpaired) electrons. The van der Waals surface area contributed by atoms with E-state index in [1.807, 2.05) is 65.2 Å². The minimum atomic E-state index is -1.45. The Labute approximate surface area is 295 Å². The number of rotatable bonds is 3. The Morgan fingerprint density at radius 2 is 1.47 bits per heavy atom. The maximum atomic E-state index is 16.6. The molecule has 238 valence electrons. The van der Waals surface area contributed by atoms with Crippen molar-refractivity contribution in [3.63, 3.8) is 0 Å². The largest absolute Gasteiger partial charge is 2.00 e. The Kier molecular flexibility index (Phi) is 6.58. The molecule has 1 unspecified atom stereocenters. The molecule has 5 nitrogen and oxygen atoms in total. The molecule has 0 amide bonds. The van der Waals surface area contributed by atoms with E-state index in [-0.39, 0.29) is 25.8 Å². The molecule has 10 rings (SSSR count). The molecule has 9 aromatic rings. The van der Waals surface area contributed by atoms with Gasteiger partial charge in [0.05, 0.1) is 11.2 Å². The number of nitrogens with zero attached hydrogens (tertiary/aromatic N) is 4. The Hall–Kier alpha value is -5.35. The smallest absolute Gasteiger partial charge is 0.457 e. The predicted molar refractivity (Wildman–Crippen MR) is 188 cm³/mol. The Morgan fingerprint density at radius 1 is 0.673 bits per heavy atom. The van der Waals surface area contributed by atoms with Crippen LogP contribution in [0.4, 0.5) is 4.39 Å². The summed E-state index contributed by atoms with van der Waals surface area (Å²) in [5.41, 5.74) is 7.05. The average molecular weight is 729 g/mol. The molecule has 5 heterocycles. The van der Waals surface area contributed by atoms with Crippen molar-refractivity contribution < 1.29 is 29.6 Å². The normalized spacial score (nSPS) is 14.1. The second kappa shape index (κ2) is 10.8. The molecule has 0 spiro atoms. The van der Waals surface area contributed by atoms with Crippen molar-refractivity contribution in [1.82, 2.24) is 18.9 Å². The maximum absolute atomic E-state index is 16.6. The first-order chi connectivity index (χ1) is 23.5. The Balaban J connectivity index is 0.00000325. The van der Waals surface area contributed by atoms with Crippen molar-refractivity contribution in [3.8, 4) is 17.2 Å². The van der Waals surface area contributed by atoms with Crippen molar-refractivity contribution >= 4 is 49.3 Å². The van der Waals surface area contributed by atoms with Crippen LogP contribution in [-0.2, 0) is 25.8 Å². The zero-order valence-electron chi connectivity index (χ0n) is 26.5. The van der Waals surface area contributed by atoms with Gasteiger partial charge in [-0.25, -0.2) is 9.37 Å². The van der Waals surface area contributed by atoms with Gasteiger partial charge in [-0.15, -0.1) is 29.8 Å². The summed E-state index contributed by atoms with van der Waals surface area (Å²) in [5.74, 6) is 1.71. The van der Waals surface area contributed by atoms with E-state index >= 15 is 4.39 Å². The van der Waals surface area contributed by atoms with Gasteiger partial charge < -0.3 is 13.7 Å². The topological polar surface area (TPSA) is 44.4 Å². The molecule has 0 aliphatic carbocycles. The van der Waals surface area contributed by atoms with E-state index in [9.17, 15) is 0 Å². The van der Waals surface area contributed by atoms with Crippen LogP contribution in [0.1, 0.15) is 42.3 Å². The van der Waals surface area contributed by atoms with Crippen molar-refractivity contribution in [2.24, 2.45) is 0 Å². The number of benzene rings is 5. The maximum Gasteiger partial charge on any atom is 2.00 e. The van der Waals surface area contributed by atoms with E-state index in [4.69, 9.17) is 9.72 Å². The number of fused-ring (bicyclic) bond motifs is 11. The fourth-order valence-corrected chi connectivity index (χ4v) is 7.59. The minimum absolute atomic E-state index is 0. The molecular weight excluding hydrogens is 702 g/mol. The number of pyridine rings is 2. The molecule has 0 saturated heterocycles. The molecule has 0 saturated carbocycles. The van der Waals surface area contributed by atoms with E-state index < -0.39 is 6.17 Å². The average Bonchev–Trinajstić information content (AvgIpc) is 3.75. The summed E-state index contributed by atoms with van der Waals surface area (Å²) in [6.07, 6.45) is 4.05. The summed E-state index contributed by atoms with van der Waals surface area (Å²) < 4.78 is 27.2. The van der Waals surface area contributed by atoms with Gasteiger partial charge >= 0.3 is 20.4 Å². The number of alkyl halides is 1. The molecule has 1 aliphatic rings. The first-order valence-electron chi connectivity index (χ1n) is 16.0. The number of ether oxygens (including phenoxy) is 1. The molecular formula is C42H27FN4OPd. The quantitative estimate of drug-likeness (QED) is 0.103. The number of halogens is 1. The van der Waals surface area contributed by atoms with Crippen LogP contribution >= 0.6 is 0 Å². The molecule has 49 heavy (non-hydrogen) atoms. The third kappa shape index (κ3) is 4.26. The number of hydrogen-bond acceptors (Lipinski definition) is 3. The van der Waals surface area contributed by atoms with Gasteiger partial charge in [0.15, 0.2) is 0 Å². The molecule has 1 atom stereocenters. The van der Waals surface area contributed by atoms with Crippen molar-refractivity contribution in [2.75, 3.05) is 0 Å². The van der Waals surface area contributed by atoms with Crippen molar-refractivity contribution in [1.29, 1.82) is 0 Å². The van der Waals surface area contributed by atoms with Crippen LogP contribution in [0.25, 0.3) is 54.9 Å². The van der Waals surface area contributed by atoms with Gasteiger partial charge in [-0.2, -0.15) is 18.2 Å². The molecule has 0 N–H and O–H groups in total. The zero-order chi connectivity index (χ0) is 32.1. The van der Waals surface area contributed by atoms with Gasteiger partial charge in [0.2, 0.25) is 0 Å². The first kappa shape index (κ1) is 29.8. The van der Waals surface area contributed by atoms with Crippen LogP contribution in [0.15, 0.2) is 122 Å². The van der Waals surface area contributed by atoms with Gasteiger partial charge in [-0.1, -0.05) is 72.3 Å². The van der Waals surface area contributed by atoms with E-state index in [2.05, 4.69) is 78.0 Å². The van der Waals surface area contributed by atoms with Crippen LogP contribution in [0.2, 0.25) is 0 Å². The second-order valence-electron chi connectivity index (χ2n) is 13.0. The third-order valence-corrected chi connectivity index (χ3v) is 9.96. The summed E-state index contributed by atoms with van der Waals surface area (Å²) in [6.45, 7) is 4.45. The summed E-state index contributed by atoms with van der Waals surface area (Å²) in [5, 5.41) is 4.86. The molecule has 0 fully saturated rings. The fourth-order valence-electron chi connectivity index (χ4n) is 7.59. The minimum Gasteiger partial charge on any atom is -0.457 e. The van der Waals surface area contributed by atoms with Crippen LogP contribution in [0.5, 0.6) is 11.5 Å². The van der Waals surface area contributed by atoms with Crippen LogP contribution in [0, 0.1) is 12.1 Å². The van der Waals surface area contributed by atoms with E-state index in [1.54, 1.807) is 18.5 Å². The van der Waals surface area contributed by atoms with Crippen molar-refractivity contribution in [3.05, 3.63) is 156 Å². The monoisotopic (exact) mass is 728 g/mol. The van der Waals surface area contributed by atoms with E-state index in [0.717, 1.165) is 71.9 Å². The molecule has 0 bridgehead atoms. The van der Waals surface area contributed by atoms with Crippen LogP contribution in [0.3, 0.4) is 0 Å². The van der Waals surface area contributed by atoms with E-state index in [1.165, 1.54) is 0 Å². The number of aromatic nitrogens is 4. The molecule has 5 aromatic carbocycles.